The Morgan fingerprint density at radius 2 is 1.74 bits per heavy atom. The Hall–Kier alpha value is -2.34. The minimum Gasteiger partial charge on any atom is -0.368 e. The first kappa shape index (κ1) is 15.6. The molecule has 1 aliphatic rings. The molecule has 23 heavy (non-hydrogen) atoms. The predicted molar refractivity (Wildman–Crippen MR) is 88.6 cm³/mol. The van der Waals surface area contributed by atoms with Crippen LogP contribution in [0.4, 0.5) is 15.9 Å². The molecular weight excluding hydrogens is 319 g/mol. The molecule has 0 atom stereocenters. The molecule has 0 unspecified atom stereocenters. The standard InChI is InChI=1S/C16H16ClFN4O/c17-12-9-14(18)16(20-10-12)22-7-5-21(6-8-22)13-3-1-11(2-4-13)15(19)23/h1-4,9-10H,5-8H2,(H2,19,23). The fourth-order valence-corrected chi connectivity index (χ4v) is 2.80. The highest BCUT2D eigenvalue weighted by molar-refractivity contribution is 6.30. The molecule has 120 valence electrons. The van der Waals surface area contributed by atoms with Crippen molar-refractivity contribution >= 4 is 29.0 Å². The molecule has 2 aromatic rings. The number of carbonyl (C=O) groups is 1. The van der Waals surface area contributed by atoms with Gasteiger partial charge in [-0.25, -0.2) is 9.37 Å². The fourth-order valence-electron chi connectivity index (χ4n) is 2.65. The van der Waals surface area contributed by atoms with Gasteiger partial charge in [-0.15, -0.1) is 0 Å². The highest BCUT2D eigenvalue weighted by Gasteiger charge is 2.21. The molecular formula is C16H16ClFN4O. The number of primary amides is 1. The normalized spacial score (nSPS) is 14.9. The smallest absolute Gasteiger partial charge is 0.248 e. The number of nitrogens with two attached hydrogens (primary N) is 1. The van der Waals surface area contributed by atoms with Crippen LogP contribution in [0.15, 0.2) is 36.5 Å². The Morgan fingerprint density at radius 3 is 2.30 bits per heavy atom. The van der Waals surface area contributed by atoms with Crippen LogP contribution in [-0.2, 0) is 0 Å². The van der Waals surface area contributed by atoms with Gasteiger partial charge in [-0.1, -0.05) is 11.6 Å². The van der Waals surface area contributed by atoms with Crippen LogP contribution in [0.1, 0.15) is 10.4 Å². The summed E-state index contributed by atoms with van der Waals surface area (Å²) in [5.41, 5.74) is 6.74. The third-order valence-electron chi connectivity index (χ3n) is 3.88. The van der Waals surface area contributed by atoms with Crippen molar-refractivity contribution in [2.45, 2.75) is 0 Å². The zero-order valence-corrected chi connectivity index (χ0v) is 13.1. The first-order valence-electron chi connectivity index (χ1n) is 7.25. The van der Waals surface area contributed by atoms with Crippen molar-refractivity contribution in [3.8, 4) is 0 Å². The van der Waals surface area contributed by atoms with Gasteiger partial charge in [-0.05, 0) is 30.3 Å². The summed E-state index contributed by atoms with van der Waals surface area (Å²) in [6, 6.07) is 8.45. The van der Waals surface area contributed by atoms with E-state index in [2.05, 4.69) is 9.88 Å². The molecule has 1 aromatic carbocycles. The van der Waals surface area contributed by atoms with Gasteiger partial charge in [0.1, 0.15) is 0 Å². The van der Waals surface area contributed by atoms with E-state index in [-0.39, 0.29) is 0 Å². The molecule has 1 fully saturated rings. The number of amides is 1. The van der Waals surface area contributed by atoms with E-state index in [1.165, 1.54) is 12.3 Å². The SMILES string of the molecule is NC(=O)c1ccc(N2CCN(c3ncc(Cl)cc3F)CC2)cc1. The van der Waals surface area contributed by atoms with E-state index >= 15 is 0 Å². The Morgan fingerprint density at radius 1 is 1.13 bits per heavy atom. The quantitative estimate of drug-likeness (QED) is 0.935. The maximum atomic E-state index is 13.9. The number of halogens is 2. The van der Waals surface area contributed by atoms with Crippen LogP contribution < -0.4 is 15.5 Å². The molecule has 5 nitrogen and oxygen atoms in total. The third-order valence-corrected chi connectivity index (χ3v) is 4.09. The van der Waals surface area contributed by atoms with Crippen molar-refractivity contribution in [1.82, 2.24) is 4.98 Å². The van der Waals surface area contributed by atoms with Crippen LogP contribution in [0, 0.1) is 5.82 Å². The molecule has 3 rings (SSSR count). The Balaban J connectivity index is 1.67. The van der Waals surface area contributed by atoms with Crippen molar-refractivity contribution in [3.05, 3.63) is 52.9 Å². The van der Waals surface area contributed by atoms with Crippen molar-refractivity contribution in [3.63, 3.8) is 0 Å². The number of hydrogen-bond acceptors (Lipinski definition) is 4. The number of hydrogen-bond donors (Lipinski definition) is 1. The number of pyridine rings is 1. The van der Waals surface area contributed by atoms with Gasteiger partial charge in [-0.3, -0.25) is 4.79 Å². The summed E-state index contributed by atoms with van der Waals surface area (Å²) in [5, 5.41) is 0.291. The maximum Gasteiger partial charge on any atom is 0.248 e. The Bertz CT molecular complexity index is 715. The van der Waals surface area contributed by atoms with E-state index in [0.29, 0.717) is 29.5 Å². The third kappa shape index (κ3) is 3.37. The number of nitrogens with zero attached hydrogens (tertiary/aromatic N) is 3. The number of rotatable bonds is 3. The van der Waals surface area contributed by atoms with Crippen LogP contribution in [-0.4, -0.2) is 37.1 Å². The maximum absolute atomic E-state index is 13.9. The lowest BCUT2D eigenvalue weighted by Crippen LogP contribution is -2.47. The van der Waals surface area contributed by atoms with Gasteiger partial charge in [0.05, 0.1) is 5.02 Å². The Labute approximate surface area is 138 Å². The van der Waals surface area contributed by atoms with E-state index in [4.69, 9.17) is 17.3 Å². The zero-order chi connectivity index (χ0) is 16.4. The van der Waals surface area contributed by atoms with E-state index in [9.17, 15) is 9.18 Å². The van der Waals surface area contributed by atoms with Crippen LogP contribution in [0.2, 0.25) is 5.02 Å². The summed E-state index contributed by atoms with van der Waals surface area (Å²) in [6.45, 7) is 2.78. The van der Waals surface area contributed by atoms with Crippen LogP contribution in [0.3, 0.4) is 0 Å². The summed E-state index contributed by atoms with van der Waals surface area (Å²) < 4.78 is 13.9. The second kappa shape index (κ2) is 6.42. The van der Waals surface area contributed by atoms with Gasteiger partial charge in [0.2, 0.25) is 5.91 Å². The van der Waals surface area contributed by atoms with E-state index in [1.807, 2.05) is 17.0 Å². The largest absolute Gasteiger partial charge is 0.368 e. The number of anilines is 2. The molecule has 0 bridgehead atoms. The monoisotopic (exact) mass is 334 g/mol. The lowest BCUT2D eigenvalue weighted by atomic mass is 10.1. The number of aromatic nitrogens is 1. The van der Waals surface area contributed by atoms with Gasteiger partial charge >= 0.3 is 0 Å². The molecule has 2 N–H and O–H groups in total. The second-order valence-corrected chi connectivity index (χ2v) is 5.78. The Kier molecular flexibility index (Phi) is 4.34. The second-order valence-electron chi connectivity index (χ2n) is 5.34. The van der Waals surface area contributed by atoms with Gasteiger partial charge in [0, 0.05) is 43.6 Å². The minimum atomic E-state index is -0.439. The highest BCUT2D eigenvalue weighted by Crippen LogP contribution is 2.23. The van der Waals surface area contributed by atoms with Crippen molar-refractivity contribution in [2.75, 3.05) is 36.0 Å². The van der Waals surface area contributed by atoms with E-state index < -0.39 is 11.7 Å². The highest BCUT2D eigenvalue weighted by atomic mass is 35.5. The molecule has 1 aliphatic heterocycles. The lowest BCUT2D eigenvalue weighted by molar-refractivity contribution is 0.100. The van der Waals surface area contributed by atoms with Gasteiger partial charge in [0.25, 0.3) is 0 Å². The summed E-state index contributed by atoms with van der Waals surface area (Å²) >= 11 is 5.73. The molecule has 0 spiro atoms. The summed E-state index contributed by atoms with van der Waals surface area (Å²) in [4.78, 5) is 19.3. The fraction of sp³-hybridized carbons (Fsp3) is 0.250. The van der Waals surface area contributed by atoms with Crippen molar-refractivity contribution < 1.29 is 9.18 Å². The number of benzene rings is 1. The van der Waals surface area contributed by atoms with Crippen LogP contribution >= 0.6 is 11.6 Å². The van der Waals surface area contributed by atoms with Crippen molar-refractivity contribution in [2.24, 2.45) is 5.73 Å². The lowest BCUT2D eigenvalue weighted by Gasteiger charge is -2.36. The first-order chi connectivity index (χ1) is 11.0. The van der Waals surface area contributed by atoms with Gasteiger partial charge in [-0.2, -0.15) is 0 Å². The molecule has 0 saturated carbocycles. The molecule has 1 aromatic heterocycles. The van der Waals surface area contributed by atoms with Crippen LogP contribution in [0.5, 0.6) is 0 Å². The molecule has 1 amide bonds. The van der Waals surface area contributed by atoms with Crippen molar-refractivity contribution in [1.29, 1.82) is 0 Å². The predicted octanol–water partition coefficient (Wildman–Crippen LogP) is 2.30. The summed E-state index contributed by atoms with van der Waals surface area (Å²) in [7, 11) is 0. The minimum absolute atomic E-state index is 0.291. The average Bonchev–Trinajstić information content (AvgIpc) is 2.55. The van der Waals surface area contributed by atoms with Crippen LogP contribution in [0.25, 0.3) is 0 Å². The van der Waals surface area contributed by atoms with E-state index in [1.54, 1.807) is 12.1 Å². The van der Waals surface area contributed by atoms with Gasteiger partial charge < -0.3 is 15.5 Å². The summed E-state index contributed by atoms with van der Waals surface area (Å²) in [6.07, 6.45) is 1.45. The molecule has 7 heteroatoms. The zero-order valence-electron chi connectivity index (χ0n) is 12.4. The molecule has 1 saturated heterocycles. The first-order valence-corrected chi connectivity index (χ1v) is 7.63. The van der Waals surface area contributed by atoms with Gasteiger partial charge in [0.15, 0.2) is 11.6 Å². The number of piperazine rings is 1. The topological polar surface area (TPSA) is 62.5 Å². The van der Waals surface area contributed by atoms with E-state index in [0.717, 1.165) is 18.8 Å². The molecule has 2 heterocycles. The molecule has 0 aliphatic carbocycles. The average molecular weight is 335 g/mol. The number of carbonyl (C=O) groups excluding carboxylic acids is 1. The molecule has 0 radical (unpaired) electrons. The summed E-state index contributed by atoms with van der Waals surface area (Å²) in [5.74, 6) is -0.513.